The number of aromatic nitrogens is 1. The smallest absolute Gasteiger partial charge is 0.311 e. The Labute approximate surface area is 111 Å². The van der Waals surface area contributed by atoms with Gasteiger partial charge in [0.15, 0.2) is 0 Å². The van der Waals surface area contributed by atoms with Gasteiger partial charge >= 0.3 is 5.69 Å². The molecule has 0 aliphatic carbocycles. The van der Waals surface area contributed by atoms with Crippen molar-refractivity contribution in [2.45, 2.75) is 0 Å². The first-order valence-corrected chi connectivity index (χ1v) is 5.69. The minimum Gasteiger partial charge on any atom is -0.431 e. The molecule has 0 saturated heterocycles. The number of nitrogens with zero attached hydrogens (tertiary/aromatic N) is 2. The van der Waals surface area contributed by atoms with Crippen molar-refractivity contribution in [2.24, 2.45) is 0 Å². The highest BCUT2D eigenvalue weighted by molar-refractivity contribution is 9.10. The number of nitrogen functional groups attached to an aromatic ring is 1. The SMILES string of the molecule is Nc1cnc(Oc2ccccc2[N+](=O)[O-])c(Br)c1. The summed E-state index contributed by atoms with van der Waals surface area (Å²) in [5, 5.41) is 10.8. The zero-order valence-electron chi connectivity index (χ0n) is 9.04. The molecule has 92 valence electrons. The van der Waals surface area contributed by atoms with Crippen LogP contribution in [0.5, 0.6) is 11.6 Å². The van der Waals surface area contributed by atoms with Crippen LogP contribution in [0.2, 0.25) is 0 Å². The first-order chi connectivity index (χ1) is 8.58. The molecule has 18 heavy (non-hydrogen) atoms. The molecule has 0 amide bonds. The van der Waals surface area contributed by atoms with Gasteiger partial charge in [-0.15, -0.1) is 0 Å². The number of nitro benzene ring substituents is 1. The van der Waals surface area contributed by atoms with Gasteiger partial charge in [0.25, 0.3) is 0 Å². The number of ether oxygens (including phenoxy) is 1. The van der Waals surface area contributed by atoms with Gasteiger partial charge in [0.2, 0.25) is 11.6 Å². The second-order valence-electron chi connectivity index (χ2n) is 3.38. The van der Waals surface area contributed by atoms with Crippen LogP contribution in [0, 0.1) is 10.1 Å². The predicted octanol–water partition coefficient (Wildman–Crippen LogP) is 3.13. The summed E-state index contributed by atoms with van der Waals surface area (Å²) in [5.74, 6) is 0.346. The third-order valence-electron chi connectivity index (χ3n) is 2.10. The molecule has 0 radical (unpaired) electrons. The number of pyridine rings is 1. The Morgan fingerprint density at radius 2 is 2.11 bits per heavy atom. The van der Waals surface area contributed by atoms with Gasteiger partial charge in [-0.2, -0.15) is 0 Å². The lowest BCUT2D eigenvalue weighted by molar-refractivity contribution is -0.385. The van der Waals surface area contributed by atoms with Crippen molar-refractivity contribution in [3.05, 3.63) is 51.1 Å². The standard InChI is InChI=1S/C11H8BrN3O3/c12-8-5-7(13)6-14-11(8)18-10-4-2-1-3-9(10)15(16)17/h1-6H,13H2. The lowest BCUT2D eigenvalue weighted by Crippen LogP contribution is -1.96. The molecule has 0 fully saturated rings. The fourth-order valence-corrected chi connectivity index (χ4v) is 1.76. The Kier molecular flexibility index (Phi) is 3.42. The normalized spacial score (nSPS) is 10.1. The molecule has 0 aliphatic rings. The zero-order valence-corrected chi connectivity index (χ0v) is 10.6. The van der Waals surface area contributed by atoms with Crippen molar-refractivity contribution in [3.8, 4) is 11.6 Å². The highest BCUT2D eigenvalue weighted by Crippen LogP contribution is 2.33. The van der Waals surface area contributed by atoms with Gasteiger partial charge in [-0.3, -0.25) is 10.1 Å². The Balaban J connectivity index is 2.37. The molecule has 2 N–H and O–H groups in total. The van der Waals surface area contributed by atoms with Crippen molar-refractivity contribution in [3.63, 3.8) is 0 Å². The number of para-hydroxylation sites is 2. The summed E-state index contributed by atoms with van der Waals surface area (Å²) < 4.78 is 5.93. The Bertz CT molecular complexity index is 604. The quantitative estimate of drug-likeness (QED) is 0.694. The van der Waals surface area contributed by atoms with E-state index < -0.39 is 4.92 Å². The van der Waals surface area contributed by atoms with Crippen LogP contribution in [0.25, 0.3) is 0 Å². The number of anilines is 1. The minimum absolute atomic E-state index is 0.122. The lowest BCUT2D eigenvalue weighted by Gasteiger charge is -2.07. The van der Waals surface area contributed by atoms with Crippen LogP contribution in [-0.4, -0.2) is 9.91 Å². The zero-order chi connectivity index (χ0) is 13.1. The van der Waals surface area contributed by atoms with Crippen LogP contribution in [-0.2, 0) is 0 Å². The van der Waals surface area contributed by atoms with E-state index in [1.807, 2.05) is 0 Å². The van der Waals surface area contributed by atoms with Crippen molar-refractivity contribution in [2.75, 3.05) is 5.73 Å². The topological polar surface area (TPSA) is 91.3 Å². The summed E-state index contributed by atoms with van der Waals surface area (Å²) in [5.41, 5.74) is 5.89. The Hall–Kier alpha value is -2.15. The number of benzene rings is 1. The molecule has 1 heterocycles. The molecule has 2 rings (SSSR count). The maximum atomic E-state index is 10.8. The van der Waals surface area contributed by atoms with Gasteiger partial charge < -0.3 is 10.5 Å². The summed E-state index contributed by atoms with van der Waals surface area (Å²) in [7, 11) is 0. The van der Waals surface area contributed by atoms with E-state index in [4.69, 9.17) is 10.5 Å². The van der Waals surface area contributed by atoms with E-state index in [1.54, 1.807) is 18.2 Å². The molecule has 0 spiro atoms. The monoisotopic (exact) mass is 309 g/mol. The third kappa shape index (κ3) is 2.57. The third-order valence-corrected chi connectivity index (χ3v) is 2.67. The van der Waals surface area contributed by atoms with E-state index in [0.29, 0.717) is 10.2 Å². The molecular formula is C11H8BrN3O3. The van der Waals surface area contributed by atoms with E-state index in [2.05, 4.69) is 20.9 Å². The van der Waals surface area contributed by atoms with E-state index in [0.717, 1.165) is 0 Å². The van der Waals surface area contributed by atoms with E-state index in [-0.39, 0.29) is 17.3 Å². The number of rotatable bonds is 3. The predicted molar refractivity (Wildman–Crippen MR) is 69.5 cm³/mol. The molecule has 0 unspecified atom stereocenters. The van der Waals surface area contributed by atoms with Crippen molar-refractivity contribution < 1.29 is 9.66 Å². The summed E-state index contributed by atoms with van der Waals surface area (Å²) >= 11 is 3.23. The summed E-state index contributed by atoms with van der Waals surface area (Å²) in [6.07, 6.45) is 1.41. The van der Waals surface area contributed by atoms with Gasteiger partial charge in [-0.1, -0.05) is 12.1 Å². The van der Waals surface area contributed by atoms with Crippen LogP contribution < -0.4 is 10.5 Å². The molecule has 6 nitrogen and oxygen atoms in total. The molecule has 0 bridgehead atoms. The van der Waals surface area contributed by atoms with Crippen molar-refractivity contribution in [1.29, 1.82) is 0 Å². The summed E-state index contributed by atoms with van der Waals surface area (Å²) in [6, 6.07) is 7.68. The molecule has 1 aromatic carbocycles. The van der Waals surface area contributed by atoms with E-state index in [9.17, 15) is 10.1 Å². The van der Waals surface area contributed by atoms with E-state index in [1.165, 1.54) is 18.3 Å². The maximum absolute atomic E-state index is 10.8. The fourth-order valence-electron chi connectivity index (χ4n) is 1.31. The van der Waals surface area contributed by atoms with Gasteiger partial charge in [0.1, 0.15) is 0 Å². The Morgan fingerprint density at radius 1 is 1.39 bits per heavy atom. The number of nitro groups is 1. The van der Waals surface area contributed by atoms with Gasteiger partial charge in [-0.05, 0) is 28.1 Å². The van der Waals surface area contributed by atoms with Crippen LogP contribution in [0.4, 0.5) is 11.4 Å². The highest BCUT2D eigenvalue weighted by Gasteiger charge is 2.16. The molecule has 7 heteroatoms. The molecule has 1 aromatic heterocycles. The average molecular weight is 310 g/mol. The van der Waals surface area contributed by atoms with Gasteiger partial charge in [0, 0.05) is 6.07 Å². The largest absolute Gasteiger partial charge is 0.431 e. The van der Waals surface area contributed by atoms with Crippen LogP contribution in [0.1, 0.15) is 0 Å². The number of halogens is 1. The minimum atomic E-state index is -0.513. The van der Waals surface area contributed by atoms with Crippen LogP contribution in [0.3, 0.4) is 0 Å². The molecule has 0 aliphatic heterocycles. The molecule has 0 atom stereocenters. The second kappa shape index (κ2) is 5.01. The number of hydrogen-bond donors (Lipinski definition) is 1. The second-order valence-corrected chi connectivity index (χ2v) is 4.24. The number of nitrogens with two attached hydrogens (primary N) is 1. The summed E-state index contributed by atoms with van der Waals surface area (Å²) in [6.45, 7) is 0. The summed E-state index contributed by atoms with van der Waals surface area (Å²) in [4.78, 5) is 14.3. The van der Waals surface area contributed by atoms with Crippen molar-refractivity contribution in [1.82, 2.24) is 4.98 Å². The van der Waals surface area contributed by atoms with Gasteiger partial charge in [0.05, 0.1) is 21.3 Å². The number of hydrogen-bond acceptors (Lipinski definition) is 5. The van der Waals surface area contributed by atoms with Crippen LogP contribution >= 0.6 is 15.9 Å². The average Bonchev–Trinajstić information content (AvgIpc) is 2.33. The van der Waals surface area contributed by atoms with Crippen molar-refractivity contribution >= 4 is 27.3 Å². The first-order valence-electron chi connectivity index (χ1n) is 4.90. The molecule has 0 saturated carbocycles. The van der Waals surface area contributed by atoms with Gasteiger partial charge in [-0.25, -0.2) is 4.98 Å². The lowest BCUT2D eigenvalue weighted by atomic mass is 10.3. The maximum Gasteiger partial charge on any atom is 0.311 e. The van der Waals surface area contributed by atoms with Crippen LogP contribution in [0.15, 0.2) is 41.0 Å². The molecular weight excluding hydrogens is 302 g/mol. The fraction of sp³-hybridized carbons (Fsp3) is 0. The highest BCUT2D eigenvalue weighted by atomic mass is 79.9. The molecule has 2 aromatic rings. The first kappa shape index (κ1) is 12.3. The Morgan fingerprint density at radius 3 is 2.78 bits per heavy atom. The van der Waals surface area contributed by atoms with E-state index >= 15 is 0 Å².